The number of nitrogens with two attached hydrogens (primary N) is 1. The SMILES string of the molecule is NCC(O)c1ccc([N+](=O)[O-])o1. The van der Waals surface area contributed by atoms with Crippen LogP contribution in [0.5, 0.6) is 0 Å². The highest BCUT2D eigenvalue weighted by Crippen LogP contribution is 2.20. The van der Waals surface area contributed by atoms with E-state index in [9.17, 15) is 10.1 Å². The fourth-order valence-electron chi connectivity index (χ4n) is 0.736. The molecule has 3 N–H and O–H groups in total. The molecule has 6 heteroatoms. The number of furan rings is 1. The summed E-state index contributed by atoms with van der Waals surface area (Å²) in [4.78, 5) is 9.45. The first-order valence-corrected chi connectivity index (χ1v) is 3.27. The van der Waals surface area contributed by atoms with Gasteiger partial charge in [0.05, 0.1) is 6.07 Å². The summed E-state index contributed by atoms with van der Waals surface area (Å²) >= 11 is 0. The molecule has 1 aromatic heterocycles. The molecule has 0 saturated heterocycles. The fraction of sp³-hybridized carbons (Fsp3) is 0.333. The Kier molecular flexibility index (Phi) is 2.41. The summed E-state index contributed by atoms with van der Waals surface area (Å²) in [7, 11) is 0. The molecule has 0 saturated carbocycles. The van der Waals surface area contributed by atoms with E-state index in [1.165, 1.54) is 12.1 Å². The monoisotopic (exact) mass is 172 g/mol. The van der Waals surface area contributed by atoms with Gasteiger partial charge in [-0.25, -0.2) is 0 Å². The summed E-state index contributed by atoms with van der Waals surface area (Å²) in [6.07, 6.45) is -0.973. The fourth-order valence-corrected chi connectivity index (χ4v) is 0.736. The zero-order valence-corrected chi connectivity index (χ0v) is 6.14. The van der Waals surface area contributed by atoms with Crippen LogP contribution in [-0.4, -0.2) is 16.6 Å². The predicted octanol–water partition coefficient (Wildman–Crippen LogP) is 0.180. The summed E-state index contributed by atoms with van der Waals surface area (Å²) in [6, 6.07) is 2.50. The molecule has 66 valence electrons. The van der Waals surface area contributed by atoms with E-state index >= 15 is 0 Å². The van der Waals surface area contributed by atoms with Gasteiger partial charge in [0.2, 0.25) is 0 Å². The molecule has 0 aromatic carbocycles. The number of aliphatic hydroxyl groups excluding tert-OH is 1. The van der Waals surface area contributed by atoms with Gasteiger partial charge in [-0.3, -0.25) is 10.1 Å². The predicted molar refractivity (Wildman–Crippen MR) is 39.4 cm³/mol. The Hall–Kier alpha value is -1.40. The van der Waals surface area contributed by atoms with Crippen molar-refractivity contribution in [1.82, 2.24) is 0 Å². The van der Waals surface area contributed by atoms with Crippen molar-refractivity contribution in [3.05, 3.63) is 28.0 Å². The van der Waals surface area contributed by atoms with Crippen molar-refractivity contribution in [1.29, 1.82) is 0 Å². The minimum atomic E-state index is -0.973. The molecule has 0 aliphatic heterocycles. The van der Waals surface area contributed by atoms with Crippen molar-refractivity contribution >= 4 is 5.88 Å². The maximum atomic E-state index is 10.1. The van der Waals surface area contributed by atoms with E-state index in [4.69, 9.17) is 10.8 Å². The first kappa shape index (κ1) is 8.69. The van der Waals surface area contributed by atoms with E-state index in [1.807, 2.05) is 0 Å². The molecule has 1 rings (SSSR count). The van der Waals surface area contributed by atoms with Crippen LogP contribution in [0.4, 0.5) is 5.88 Å². The molecule has 0 aliphatic carbocycles. The van der Waals surface area contributed by atoms with Crippen LogP contribution in [0, 0.1) is 10.1 Å². The van der Waals surface area contributed by atoms with Crippen LogP contribution >= 0.6 is 0 Å². The standard InChI is InChI=1S/C6H8N2O4/c7-3-4(9)5-1-2-6(12-5)8(10)11/h1-2,4,9H,3,7H2. The minimum Gasteiger partial charge on any atom is -0.403 e. The van der Waals surface area contributed by atoms with Gasteiger partial charge in [0.15, 0.2) is 0 Å². The van der Waals surface area contributed by atoms with Gasteiger partial charge in [0.25, 0.3) is 0 Å². The van der Waals surface area contributed by atoms with Gasteiger partial charge in [-0.05, 0) is 6.07 Å². The molecule has 0 spiro atoms. The van der Waals surface area contributed by atoms with E-state index in [2.05, 4.69) is 4.42 Å². The van der Waals surface area contributed by atoms with Gasteiger partial charge in [0, 0.05) is 6.54 Å². The van der Waals surface area contributed by atoms with Crippen LogP contribution in [0.25, 0.3) is 0 Å². The third kappa shape index (κ3) is 1.60. The molecule has 1 unspecified atom stereocenters. The van der Waals surface area contributed by atoms with Crippen molar-refractivity contribution in [2.24, 2.45) is 5.73 Å². The Morgan fingerprint density at radius 1 is 1.75 bits per heavy atom. The molecule has 1 heterocycles. The van der Waals surface area contributed by atoms with Crippen molar-refractivity contribution < 1.29 is 14.4 Å². The van der Waals surface area contributed by atoms with E-state index in [0.717, 1.165) is 0 Å². The Bertz CT molecular complexity index is 283. The quantitative estimate of drug-likeness (QED) is 0.500. The Balaban J connectivity index is 2.84. The normalized spacial score (nSPS) is 12.8. The van der Waals surface area contributed by atoms with Crippen LogP contribution in [0.1, 0.15) is 11.9 Å². The zero-order chi connectivity index (χ0) is 9.14. The maximum Gasteiger partial charge on any atom is 0.433 e. The third-order valence-electron chi connectivity index (χ3n) is 1.34. The zero-order valence-electron chi connectivity index (χ0n) is 6.14. The molecular formula is C6H8N2O4. The van der Waals surface area contributed by atoms with Crippen molar-refractivity contribution in [2.75, 3.05) is 6.54 Å². The van der Waals surface area contributed by atoms with Crippen LogP contribution in [0.3, 0.4) is 0 Å². The van der Waals surface area contributed by atoms with E-state index in [0.29, 0.717) is 0 Å². The number of hydrogen-bond acceptors (Lipinski definition) is 5. The molecule has 1 aromatic rings. The highest BCUT2D eigenvalue weighted by Gasteiger charge is 2.16. The third-order valence-corrected chi connectivity index (χ3v) is 1.34. The van der Waals surface area contributed by atoms with Gasteiger partial charge in [0.1, 0.15) is 16.8 Å². The second kappa shape index (κ2) is 3.33. The van der Waals surface area contributed by atoms with E-state index in [1.54, 1.807) is 0 Å². The van der Waals surface area contributed by atoms with Crippen LogP contribution in [0.2, 0.25) is 0 Å². The van der Waals surface area contributed by atoms with Crippen molar-refractivity contribution in [2.45, 2.75) is 6.10 Å². The van der Waals surface area contributed by atoms with E-state index in [-0.39, 0.29) is 12.3 Å². The topological polar surface area (TPSA) is 103 Å². The lowest BCUT2D eigenvalue weighted by atomic mass is 10.3. The lowest BCUT2D eigenvalue weighted by molar-refractivity contribution is -0.402. The number of aliphatic hydroxyl groups is 1. The summed E-state index contributed by atoms with van der Waals surface area (Å²) in [6.45, 7) is -0.0231. The molecule has 0 bridgehead atoms. The van der Waals surface area contributed by atoms with Crippen molar-refractivity contribution in [3.63, 3.8) is 0 Å². The average molecular weight is 172 g/mol. The summed E-state index contributed by atoms with van der Waals surface area (Å²) in [5, 5.41) is 19.2. The smallest absolute Gasteiger partial charge is 0.403 e. The summed E-state index contributed by atoms with van der Waals surface area (Å²) < 4.78 is 4.67. The summed E-state index contributed by atoms with van der Waals surface area (Å²) in [5.74, 6) is -0.276. The van der Waals surface area contributed by atoms with E-state index < -0.39 is 16.9 Å². The largest absolute Gasteiger partial charge is 0.433 e. The second-order valence-electron chi connectivity index (χ2n) is 2.18. The highest BCUT2D eigenvalue weighted by molar-refractivity contribution is 5.19. The number of rotatable bonds is 3. The molecule has 12 heavy (non-hydrogen) atoms. The summed E-state index contributed by atoms with van der Waals surface area (Å²) in [5.41, 5.74) is 5.11. The van der Waals surface area contributed by atoms with Gasteiger partial charge >= 0.3 is 5.88 Å². The molecule has 1 atom stereocenters. The number of hydrogen-bond donors (Lipinski definition) is 2. The average Bonchev–Trinajstić information content (AvgIpc) is 2.51. The van der Waals surface area contributed by atoms with Crippen molar-refractivity contribution in [3.8, 4) is 0 Å². The molecule has 0 fully saturated rings. The Labute approximate surface area is 67.7 Å². The van der Waals surface area contributed by atoms with Gasteiger partial charge in [-0.15, -0.1) is 0 Å². The van der Waals surface area contributed by atoms with Gasteiger partial charge in [-0.1, -0.05) is 0 Å². The number of nitro groups is 1. The van der Waals surface area contributed by atoms with Gasteiger partial charge < -0.3 is 15.3 Å². The second-order valence-corrected chi connectivity index (χ2v) is 2.18. The first-order chi connectivity index (χ1) is 5.65. The molecular weight excluding hydrogens is 164 g/mol. The Morgan fingerprint density at radius 3 is 2.83 bits per heavy atom. The highest BCUT2D eigenvalue weighted by atomic mass is 16.6. The lowest BCUT2D eigenvalue weighted by Gasteiger charge is -2.00. The Morgan fingerprint density at radius 2 is 2.42 bits per heavy atom. The molecule has 6 nitrogen and oxygen atoms in total. The number of nitrogens with zero attached hydrogens (tertiary/aromatic N) is 1. The minimum absolute atomic E-state index is 0.0231. The van der Waals surface area contributed by atoms with Crippen LogP contribution in [-0.2, 0) is 0 Å². The first-order valence-electron chi connectivity index (χ1n) is 3.27. The maximum absolute atomic E-state index is 10.1. The van der Waals surface area contributed by atoms with Crippen LogP contribution < -0.4 is 5.73 Å². The lowest BCUT2D eigenvalue weighted by Crippen LogP contribution is -2.10. The molecule has 0 amide bonds. The molecule has 0 aliphatic rings. The van der Waals surface area contributed by atoms with Gasteiger partial charge in [-0.2, -0.15) is 0 Å². The molecule has 0 radical (unpaired) electrons. The van der Waals surface area contributed by atoms with Crippen LogP contribution in [0.15, 0.2) is 16.5 Å².